The lowest BCUT2D eigenvalue weighted by Crippen LogP contribution is -1.93. The van der Waals surface area contributed by atoms with E-state index in [1.54, 1.807) is 18.3 Å². The largest absolute Gasteiger partial charge is 0.345 e. The van der Waals surface area contributed by atoms with Gasteiger partial charge in [0.2, 0.25) is 0 Å². The van der Waals surface area contributed by atoms with Crippen molar-refractivity contribution in [3.8, 4) is 0 Å². The molecule has 0 aliphatic heterocycles. The van der Waals surface area contributed by atoms with Crippen LogP contribution < -0.4 is 0 Å². The van der Waals surface area contributed by atoms with Gasteiger partial charge in [0, 0.05) is 18.3 Å². The molecule has 0 radical (unpaired) electrons. The fourth-order valence-electron chi connectivity index (χ4n) is 1.51. The Labute approximate surface area is 111 Å². The average molecular weight is 275 g/mol. The Morgan fingerprint density at radius 2 is 1.88 bits per heavy atom. The van der Waals surface area contributed by atoms with Crippen LogP contribution in [-0.2, 0) is 18.7 Å². The van der Waals surface area contributed by atoms with E-state index in [0.717, 1.165) is 29.9 Å². The van der Waals surface area contributed by atoms with E-state index in [2.05, 4.69) is 9.97 Å². The predicted octanol–water partition coefficient (Wildman–Crippen LogP) is 3.49. The topological polar surface area (TPSA) is 28.7 Å². The van der Waals surface area contributed by atoms with Crippen LogP contribution in [-0.4, -0.2) is 9.97 Å². The van der Waals surface area contributed by atoms with Crippen molar-refractivity contribution in [2.45, 2.75) is 18.7 Å². The molecule has 0 atom stereocenters. The predicted molar refractivity (Wildman–Crippen MR) is 69.2 cm³/mol. The minimum absolute atomic E-state index is 0. The van der Waals surface area contributed by atoms with Crippen molar-refractivity contribution >= 4 is 24.0 Å². The zero-order valence-corrected chi connectivity index (χ0v) is 10.7. The molecule has 1 aromatic carbocycles. The summed E-state index contributed by atoms with van der Waals surface area (Å²) in [4.78, 5) is 7.33. The van der Waals surface area contributed by atoms with Gasteiger partial charge in [-0.3, -0.25) is 0 Å². The lowest BCUT2D eigenvalue weighted by molar-refractivity contribution is 0.627. The average Bonchev–Trinajstić information content (AvgIpc) is 2.76. The first-order chi connectivity index (χ1) is 7.78. The maximum absolute atomic E-state index is 12.7. The molecule has 5 heteroatoms. The number of H-pyrrole nitrogens is 1. The zero-order chi connectivity index (χ0) is 11.4. The molecule has 2 nitrogen and oxygen atoms in total. The highest BCUT2D eigenvalue weighted by Crippen LogP contribution is 2.07. The zero-order valence-electron chi connectivity index (χ0n) is 9.12. The molecular formula is C12H13Cl2FN2. The molecule has 0 unspecified atom stereocenters. The third-order valence-corrected chi connectivity index (χ3v) is 2.68. The number of aryl methyl sites for hydroxylation is 2. The minimum Gasteiger partial charge on any atom is -0.345 e. The standard InChI is InChI=1S/C12H12ClFN2.ClH/c13-7-11-8-15-12(16-11)6-3-9-1-4-10(14)5-2-9;/h1-2,4-5,8H,3,6-7H2,(H,15,16);1H. The highest BCUT2D eigenvalue weighted by Gasteiger charge is 2.00. The third-order valence-electron chi connectivity index (χ3n) is 2.39. The van der Waals surface area contributed by atoms with Crippen LogP contribution in [0.25, 0.3) is 0 Å². The van der Waals surface area contributed by atoms with Gasteiger partial charge in [0.25, 0.3) is 0 Å². The van der Waals surface area contributed by atoms with E-state index in [1.165, 1.54) is 12.1 Å². The number of halogens is 3. The van der Waals surface area contributed by atoms with Crippen molar-refractivity contribution in [1.29, 1.82) is 0 Å². The monoisotopic (exact) mass is 274 g/mol. The molecule has 2 rings (SSSR count). The molecule has 0 saturated carbocycles. The summed E-state index contributed by atoms with van der Waals surface area (Å²) in [5, 5.41) is 0. The molecule has 0 aliphatic rings. The van der Waals surface area contributed by atoms with Crippen LogP contribution in [0.2, 0.25) is 0 Å². The smallest absolute Gasteiger partial charge is 0.123 e. The summed E-state index contributed by atoms with van der Waals surface area (Å²) < 4.78 is 12.7. The molecular weight excluding hydrogens is 262 g/mol. The van der Waals surface area contributed by atoms with Crippen LogP contribution in [0.1, 0.15) is 17.1 Å². The number of aromatic nitrogens is 2. The lowest BCUT2D eigenvalue weighted by atomic mass is 10.1. The summed E-state index contributed by atoms with van der Waals surface area (Å²) in [6, 6.07) is 6.53. The number of hydrogen-bond donors (Lipinski definition) is 1. The highest BCUT2D eigenvalue weighted by atomic mass is 35.5. The summed E-state index contributed by atoms with van der Waals surface area (Å²) in [6.07, 6.45) is 3.39. The Balaban J connectivity index is 0.00000144. The first-order valence-corrected chi connectivity index (χ1v) is 5.64. The van der Waals surface area contributed by atoms with Gasteiger partial charge >= 0.3 is 0 Å². The van der Waals surface area contributed by atoms with Crippen LogP contribution in [0.4, 0.5) is 4.39 Å². The van der Waals surface area contributed by atoms with E-state index in [4.69, 9.17) is 11.6 Å². The van der Waals surface area contributed by atoms with Gasteiger partial charge in [0.05, 0.1) is 5.88 Å². The molecule has 2 aromatic rings. The molecule has 0 spiro atoms. The van der Waals surface area contributed by atoms with E-state index in [0.29, 0.717) is 5.88 Å². The molecule has 0 aliphatic carbocycles. The first-order valence-electron chi connectivity index (χ1n) is 5.11. The molecule has 1 N–H and O–H groups in total. The summed E-state index contributed by atoms with van der Waals surface area (Å²) in [5.41, 5.74) is 2.03. The fourth-order valence-corrected chi connectivity index (χ4v) is 1.65. The molecule has 0 amide bonds. The van der Waals surface area contributed by atoms with Gasteiger partial charge in [-0.1, -0.05) is 12.1 Å². The van der Waals surface area contributed by atoms with Gasteiger partial charge in [0.1, 0.15) is 11.6 Å². The quantitative estimate of drug-likeness (QED) is 0.850. The second-order valence-electron chi connectivity index (χ2n) is 3.62. The molecule has 0 fully saturated rings. The SMILES string of the molecule is Cl.Fc1ccc(CCc2ncc(CCl)[nH]2)cc1. The van der Waals surface area contributed by atoms with Crippen LogP contribution in [0.15, 0.2) is 30.5 Å². The molecule has 0 bridgehead atoms. The Bertz CT molecular complexity index is 454. The maximum Gasteiger partial charge on any atom is 0.123 e. The van der Waals surface area contributed by atoms with E-state index < -0.39 is 0 Å². The lowest BCUT2D eigenvalue weighted by Gasteiger charge is -1.99. The summed E-state index contributed by atoms with van der Waals surface area (Å²) in [5.74, 6) is 1.16. The second kappa shape index (κ2) is 6.62. The number of benzene rings is 1. The highest BCUT2D eigenvalue weighted by molar-refractivity contribution is 6.16. The number of imidazole rings is 1. The normalized spacial score (nSPS) is 10.0. The second-order valence-corrected chi connectivity index (χ2v) is 3.88. The number of nitrogens with one attached hydrogen (secondary N) is 1. The van der Waals surface area contributed by atoms with E-state index in [9.17, 15) is 4.39 Å². The van der Waals surface area contributed by atoms with Crippen molar-refractivity contribution in [2.24, 2.45) is 0 Å². The van der Waals surface area contributed by atoms with Crippen molar-refractivity contribution in [3.05, 3.63) is 53.4 Å². The van der Waals surface area contributed by atoms with Crippen LogP contribution in [0.3, 0.4) is 0 Å². The Hall–Kier alpha value is -1.06. The number of aromatic amines is 1. The summed E-state index contributed by atoms with van der Waals surface area (Å²) in [6.45, 7) is 0. The molecule has 1 heterocycles. The van der Waals surface area contributed by atoms with Gasteiger partial charge in [0.15, 0.2) is 0 Å². The molecule has 1 aromatic heterocycles. The van der Waals surface area contributed by atoms with Crippen molar-refractivity contribution in [2.75, 3.05) is 0 Å². The van der Waals surface area contributed by atoms with E-state index >= 15 is 0 Å². The van der Waals surface area contributed by atoms with E-state index in [-0.39, 0.29) is 18.2 Å². The fraction of sp³-hybridized carbons (Fsp3) is 0.250. The summed E-state index contributed by atoms with van der Waals surface area (Å²) >= 11 is 5.66. The Morgan fingerprint density at radius 3 is 2.47 bits per heavy atom. The van der Waals surface area contributed by atoms with Crippen LogP contribution >= 0.6 is 24.0 Å². The van der Waals surface area contributed by atoms with Crippen molar-refractivity contribution < 1.29 is 4.39 Å². The van der Waals surface area contributed by atoms with E-state index in [1.807, 2.05) is 0 Å². The van der Waals surface area contributed by atoms with Gasteiger partial charge in [-0.15, -0.1) is 24.0 Å². The number of rotatable bonds is 4. The van der Waals surface area contributed by atoms with Crippen LogP contribution in [0.5, 0.6) is 0 Å². The van der Waals surface area contributed by atoms with Gasteiger partial charge < -0.3 is 4.98 Å². The van der Waals surface area contributed by atoms with Gasteiger partial charge in [-0.05, 0) is 24.1 Å². The van der Waals surface area contributed by atoms with Gasteiger partial charge in [-0.25, -0.2) is 9.37 Å². The third kappa shape index (κ3) is 4.02. The number of alkyl halides is 1. The minimum atomic E-state index is -0.203. The number of nitrogens with zero attached hydrogens (tertiary/aromatic N) is 1. The molecule has 92 valence electrons. The first kappa shape index (κ1) is 14.0. The molecule has 17 heavy (non-hydrogen) atoms. The maximum atomic E-state index is 12.7. The number of hydrogen-bond acceptors (Lipinski definition) is 1. The Morgan fingerprint density at radius 1 is 1.18 bits per heavy atom. The van der Waals surface area contributed by atoms with Crippen molar-refractivity contribution in [3.63, 3.8) is 0 Å². The van der Waals surface area contributed by atoms with Crippen LogP contribution in [0, 0.1) is 5.82 Å². The molecule has 0 saturated heterocycles. The van der Waals surface area contributed by atoms with Gasteiger partial charge in [-0.2, -0.15) is 0 Å². The Kier molecular flexibility index (Phi) is 5.45. The van der Waals surface area contributed by atoms with Crippen molar-refractivity contribution in [1.82, 2.24) is 9.97 Å². The summed E-state index contributed by atoms with van der Waals surface area (Å²) in [7, 11) is 0.